The third-order valence-corrected chi connectivity index (χ3v) is 3.10. The van der Waals surface area contributed by atoms with E-state index in [-0.39, 0.29) is 5.91 Å². The van der Waals surface area contributed by atoms with Crippen LogP contribution >= 0.6 is 15.9 Å². The Morgan fingerprint density at radius 3 is 2.90 bits per heavy atom. The van der Waals surface area contributed by atoms with E-state index in [9.17, 15) is 4.79 Å². The fourth-order valence-electron chi connectivity index (χ4n) is 1.70. The number of ether oxygens (including phenoxy) is 1. The second-order valence-corrected chi connectivity index (χ2v) is 5.14. The standard InChI is InChI=1S/C15H15BrN2O3/c1-3-20-14-7-5-11(16)8-13(14)15(19)18-17-9-12-6-4-10(2)21-12/h4-9H,3H2,1-2H3,(H,18,19). The van der Waals surface area contributed by atoms with Gasteiger partial charge in [-0.1, -0.05) is 15.9 Å². The number of furan rings is 1. The molecular weight excluding hydrogens is 336 g/mol. The fourth-order valence-corrected chi connectivity index (χ4v) is 2.06. The third kappa shape index (κ3) is 4.19. The highest BCUT2D eigenvalue weighted by atomic mass is 79.9. The number of hydrogen-bond donors (Lipinski definition) is 1. The van der Waals surface area contributed by atoms with Gasteiger partial charge in [-0.05, 0) is 44.2 Å². The molecule has 0 bridgehead atoms. The van der Waals surface area contributed by atoms with Crippen molar-refractivity contribution < 1.29 is 13.9 Å². The zero-order valence-electron chi connectivity index (χ0n) is 11.7. The van der Waals surface area contributed by atoms with Gasteiger partial charge in [-0.25, -0.2) is 5.43 Å². The van der Waals surface area contributed by atoms with Crippen molar-refractivity contribution in [1.82, 2.24) is 5.43 Å². The highest BCUT2D eigenvalue weighted by molar-refractivity contribution is 9.10. The largest absolute Gasteiger partial charge is 0.493 e. The topological polar surface area (TPSA) is 63.8 Å². The number of benzene rings is 1. The lowest BCUT2D eigenvalue weighted by Gasteiger charge is -2.09. The molecule has 2 aromatic rings. The molecule has 0 saturated heterocycles. The number of carbonyl (C=O) groups is 1. The Kier molecular flexibility index (Phi) is 5.16. The molecule has 2 rings (SSSR count). The van der Waals surface area contributed by atoms with Crippen LogP contribution in [0.25, 0.3) is 0 Å². The van der Waals surface area contributed by atoms with Gasteiger partial charge < -0.3 is 9.15 Å². The predicted octanol–water partition coefficient (Wildman–Crippen LogP) is 3.51. The van der Waals surface area contributed by atoms with Gasteiger partial charge in [0.1, 0.15) is 17.3 Å². The summed E-state index contributed by atoms with van der Waals surface area (Å²) in [5.74, 6) is 1.53. The fraction of sp³-hybridized carbons (Fsp3) is 0.200. The van der Waals surface area contributed by atoms with Crippen LogP contribution in [0.4, 0.5) is 0 Å². The average Bonchev–Trinajstić information content (AvgIpc) is 2.86. The lowest BCUT2D eigenvalue weighted by Crippen LogP contribution is -2.18. The molecule has 0 aliphatic rings. The summed E-state index contributed by atoms with van der Waals surface area (Å²) in [6.07, 6.45) is 1.45. The molecule has 0 aliphatic carbocycles. The van der Waals surface area contributed by atoms with Crippen molar-refractivity contribution in [2.75, 3.05) is 6.61 Å². The summed E-state index contributed by atoms with van der Waals surface area (Å²) in [6, 6.07) is 8.84. The molecule has 110 valence electrons. The van der Waals surface area contributed by atoms with Gasteiger partial charge in [-0.3, -0.25) is 4.79 Å². The predicted molar refractivity (Wildman–Crippen MR) is 83.8 cm³/mol. The highest BCUT2D eigenvalue weighted by Crippen LogP contribution is 2.23. The molecule has 0 fully saturated rings. The van der Waals surface area contributed by atoms with Crippen LogP contribution in [0.5, 0.6) is 5.75 Å². The summed E-state index contributed by atoms with van der Waals surface area (Å²) >= 11 is 3.33. The van der Waals surface area contributed by atoms with Crippen molar-refractivity contribution in [3.63, 3.8) is 0 Å². The Hall–Kier alpha value is -2.08. The van der Waals surface area contributed by atoms with E-state index in [2.05, 4.69) is 26.5 Å². The number of nitrogens with one attached hydrogen (secondary N) is 1. The SMILES string of the molecule is CCOc1ccc(Br)cc1C(=O)NN=Cc1ccc(C)o1. The number of carbonyl (C=O) groups excluding carboxylic acids is 1. The van der Waals surface area contributed by atoms with Crippen LogP contribution in [-0.2, 0) is 0 Å². The molecule has 0 saturated carbocycles. The van der Waals surface area contributed by atoms with Crippen molar-refractivity contribution in [3.05, 3.63) is 51.9 Å². The van der Waals surface area contributed by atoms with Crippen molar-refractivity contribution in [1.29, 1.82) is 0 Å². The van der Waals surface area contributed by atoms with E-state index in [0.717, 1.165) is 10.2 Å². The first-order chi connectivity index (χ1) is 10.1. The van der Waals surface area contributed by atoms with Crippen LogP contribution in [0.15, 0.2) is 44.3 Å². The molecule has 0 aliphatic heterocycles. The molecule has 1 N–H and O–H groups in total. The summed E-state index contributed by atoms with van der Waals surface area (Å²) in [5, 5.41) is 3.87. The second-order valence-electron chi connectivity index (χ2n) is 4.22. The normalized spacial score (nSPS) is 10.8. The molecule has 21 heavy (non-hydrogen) atoms. The van der Waals surface area contributed by atoms with Crippen molar-refractivity contribution in [3.8, 4) is 5.75 Å². The van der Waals surface area contributed by atoms with Crippen LogP contribution in [0.2, 0.25) is 0 Å². The Balaban J connectivity index is 2.09. The molecule has 0 radical (unpaired) electrons. The molecule has 0 unspecified atom stereocenters. The molecule has 1 aromatic carbocycles. The zero-order chi connectivity index (χ0) is 15.2. The van der Waals surface area contributed by atoms with Crippen molar-refractivity contribution >= 4 is 28.1 Å². The second kappa shape index (κ2) is 7.08. The van der Waals surface area contributed by atoms with Gasteiger partial charge in [0.25, 0.3) is 5.91 Å². The number of nitrogens with zero attached hydrogens (tertiary/aromatic N) is 1. The van der Waals surface area contributed by atoms with E-state index < -0.39 is 0 Å². The smallest absolute Gasteiger partial charge is 0.275 e. The first-order valence-electron chi connectivity index (χ1n) is 6.42. The van der Waals surface area contributed by atoms with E-state index in [1.54, 1.807) is 18.2 Å². The minimum atomic E-state index is -0.348. The molecule has 0 spiro atoms. The molecule has 1 amide bonds. The quantitative estimate of drug-likeness (QED) is 0.662. The van der Waals surface area contributed by atoms with Crippen molar-refractivity contribution in [2.45, 2.75) is 13.8 Å². The summed E-state index contributed by atoms with van der Waals surface area (Å²) in [7, 11) is 0. The maximum atomic E-state index is 12.1. The molecule has 5 nitrogen and oxygen atoms in total. The first kappa shape index (κ1) is 15.3. The average molecular weight is 351 g/mol. The Morgan fingerprint density at radius 1 is 1.43 bits per heavy atom. The number of amides is 1. The maximum Gasteiger partial charge on any atom is 0.275 e. The van der Waals surface area contributed by atoms with Gasteiger partial charge >= 0.3 is 0 Å². The van der Waals surface area contributed by atoms with E-state index in [0.29, 0.717) is 23.7 Å². The van der Waals surface area contributed by atoms with Gasteiger partial charge in [0.2, 0.25) is 0 Å². The molecular formula is C15H15BrN2O3. The Bertz CT molecular complexity index is 665. The molecule has 1 heterocycles. The third-order valence-electron chi connectivity index (χ3n) is 2.61. The van der Waals surface area contributed by atoms with Crippen LogP contribution in [0.1, 0.15) is 28.8 Å². The summed E-state index contributed by atoms with van der Waals surface area (Å²) in [5.41, 5.74) is 2.87. The number of hydrogen-bond acceptors (Lipinski definition) is 4. The number of rotatable bonds is 5. The van der Waals surface area contributed by atoms with Crippen molar-refractivity contribution in [2.24, 2.45) is 5.10 Å². The van der Waals surface area contributed by atoms with Gasteiger partial charge in [-0.15, -0.1) is 0 Å². The summed E-state index contributed by atoms with van der Waals surface area (Å²) < 4.78 is 11.5. The van der Waals surface area contributed by atoms with E-state index in [4.69, 9.17) is 9.15 Å². The summed E-state index contributed by atoms with van der Waals surface area (Å²) in [4.78, 5) is 12.1. The summed E-state index contributed by atoms with van der Waals surface area (Å²) in [6.45, 7) is 4.18. The Labute approximate surface area is 131 Å². The van der Waals surface area contributed by atoms with E-state index >= 15 is 0 Å². The van der Waals surface area contributed by atoms with Crippen LogP contribution in [0.3, 0.4) is 0 Å². The molecule has 1 aromatic heterocycles. The minimum absolute atomic E-state index is 0.348. The Morgan fingerprint density at radius 2 is 2.24 bits per heavy atom. The van der Waals surface area contributed by atoms with Gasteiger partial charge in [0.15, 0.2) is 0 Å². The molecule has 6 heteroatoms. The minimum Gasteiger partial charge on any atom is -0.493 e. The van der Waals surface area contributed by atoms with Crippen LogP contribution in [0, 0.1) is 6.92 Å². The van der Waals surface area contributed by atoms with E-state index in [1.165, 1.54) is 6.21 Å². The van der Waals surface area contributed by atoms with Crippen LogP contribution in [-0.4, -0.2) is 18.7 Å². The monoisotopic (exact) mass is 350 g/mol. The lowest BCUT2D eigenvalue weighted by atomic mass is 10.2. The van der Waals surface area contributed by atoms with Gasteiger partial charge in [-0.2, -0.15) is 5.10 Å². The number of hydrazone groups is 1. The van der Waals surface area contributed by atoms with Crippen LogP contribution < -0.4 is 10.2 Å². The number of halogens is 1. The highest BCUT2D eigenvalue weighted by Gasteiger charge is 2.12. The van der Waals surface area contributed by atoms with E-state index in [1.807, 2.05) is 26.0 Å². The lowest BCUT2D eigenvalue weighted by molar-refractivity contribution is 0.0951. The van der Waals surface area contributed by atoms with Gasteiger partial charge in [0.05, 0.1) is 18.4 Å². The first-order valence-corrected chi connectivity index (χ1v) is 7.21. The van der Waals surface area contributed by atoms with Gasteiger partial charge in [0, 0.05) is 4.47 Å². The number of aryl methyl sites for hydroxylation is 1. The maximum absolute atomic E-state index is 12.1. The molecule has 0 atom stereocenters. The zero-order valence-corrected chi connectivity index (χ0v) is 13.3.